The van der Waals surface area contributed by atoms with Crippen LogP contribution in [0.1, 0.15) is 50.6 Å². The molecule has 1 aromatic carbocycles. The molecular weight excluding hydrogens is 302 g/mol. The highest BCUT2D eigenvalue weighted by atomic mass is 79.9. The molecule has 2 atom stereocenters. The van der Waals surface area contributed by atoms with Crippen LogP contribution in [-0.2, 0) is 0 Å². The molecule has 3 rings (SSSR count). The van der Waals surface area contributed by atoms with Crippen molar-refractivity contribution in [2.45, 2.75) is 50.7 Å². The molecule has 1 aliphatic carbocycles. The first kappa shape index (κ1) is 13.4. The number of hydrogen-bond donors (Lipinski definition) is 1. The lowest BCUT2D eigenvalue weighted by Gasteiger charge is -2.43. The number of benzene rings is 1. The Morgan fingerprint density at radius 3 is 2.84 bits per heavy atom. The van der Waals surface area contributed by atoms with Crippen LogP contribution in [0.2, 0.25) is 0 Å². The normalized spacial score (nSPS) is 30.4. The van der Waals surface area contributed by atoms with Crippen molar-refractivity contribution >= 4 is 15.9 Å². The molecule has 1 heterocycles. The van der Waals surface area contributed by atoms with E-state index < -0.39 is 0 Å². The van der Waals surface area contributed by atoms with Gasteiger partial charge in [0.15, 0.2) is 0 Å². The summed E-state index contributed by atoms with van der Waals surface area (Å²) >= 11 is 3.55. The molecule has 2 aliphatic rings. The summed E-state index contributed by atoms with van der Waals surface area (Å²) < 4.78 is 7.47. The van der Waals surface area contributed by atoms with Crippen molar-refractivity contribution in [1.82, 2.24) is 5.32 Å². The van der Waals surface area contributed by atoms with E-state index in [0.717, 1.165) is 22.6 Å². The van der Waals surface area contributed by atoms with Crippen LogP contribution in [0.15, 0.2) is 22.7 Å². The third-order valence-corrected chi connectivity index (χ3v) is 5.13. The zero-order chi connectivity index (χ0) is 13.5. The maximum atomic E-state index is 6.35. The first-order chi connectivity index (χ1) is 9.09. The first-order valence-electron chi connectivity index (χ1n) is 7.25. The average molecular weight is 324 g/mol. The van der Waals surface area contributed by atoms with E-state index in [0.29, 0.717) is 6.04 Å². The molecule has 1 N–H and O–H groups in total. The maximum Gasteiger partial charge on any atom is 0.124 e. The minimum atomic E-state index is -0.0143. The van der Waals surface area contributed by atoms with Gasteiger partial charge < -0.3 is 10.1 Å². The average Bonchev–Trinajstić information content (AvgIpc) is 2.34. The van der Waals surface area contributed by atoms with Gasteiger partial charge in [-0.2, -0.15) is 0 Å². The van der Waals surface area contributed by atoms with Gasteiger partial charge in [0.2, 0.25) is 0 Å². The fraction of sp³-hybridized carbons (Fsp3) is 0.625. The van der Waals surface area contributed by atoms with Gasteiger partial charge in [0.25, 0.3) is 0 Å². The van der Waals surface area contributed by atoms with Crippen LogP contribution >= 0.6 is 15.9 Å². The molecule has 0 aromatic heterocycles. The minimum Gasteiger partial charge on any atom is -0.487 e. The summed E-state index contributed by atoms with van der Waals surface area (Å²) in [5.41, 5.74) is 1.27. The number of nitrogens with one attached hydrogen (secondary N) is 1. The van der Waals surface area contributed by atoms with Gasteiger partial charge in [-0.3, -0.25) is 0 Å². The van der Waals surface area contributed by atoms with E-state index in [2.05, 4.69) is 46.4 Å². The molecule has 104 valence electrons. The summed E-state index contributed by atoms with van der Waals surface area (Å²) in [5.74, 6) is 1.93. The quantitative estimate of drug-likeness (QED) is 0.887. The summed E-state index contributed by atoms with van der Waals surface area (Å²) in [6.45, 7) is 2.28. The topological polar surface area (TPSA) is 21.3 Å². The zero-order valence-corrected chi connectivity index (χ0v) is 13.3. The molecule has 2 nitrogen and oxygen atoms in total. The Morgan fingerprint density at radius 2 is 2.21 bits per heavy atom. The van der Waals surface area contributed by atoms with Gasteiger partial charge in [-0.05, 0) is 44.5 Å². The van der Waals surface area contributed by atoms with E-state index in [-0.39, 0.29) is 5.60 Å². The molecule has 0 amide bonds. The monoisotopic (exact) mass is 323 g/mol. The number of hydrogen-bond acceptors (Lipinski definition) is 2. The van der Waals surface area contributed by atoms with Gasteiger partial charge in [-0.25, -0.2) is 0 Å². The second kappa shape index (κ2) is 5.10. The highest BCUT2D eigenvalue weighted by Crippen LogP contribution is 2.45. The van der Waals surface area contributed by atoms with Gasteiger partial charge in [-0.1, -0.05) is 35.2 Å². The van der Waals surface area contributed by atoms with E-state index in [4.69, 9.17) is 4.74 Å². The van der Waals surface area contributed by atoms with Crippen LogP contribution in [0.4, 0.5) is 0 Å². The zero-order valence-electron chi connectivity index (χ0n) is 11.7. The second-order valence-corrected chi connectivity index (χ2v) is 7.20. The fourth-order valence-corrected chi connectivity index (χ4v) is 3.80. The Balaban J connectivity index is 1.86. The fourth-order valence-electron chi connectivity index (χ4n) is 3.42. The lowest BCUT2D eigenvalue weighted by molar-refractivity contribution is 0.0134. The largest absolute Gasteiger partial charge is 0.487 e. The van der Waals surface area contributed by atoms with Gasteiger partial charge >= 0.3 is 0 Å². The molecule has 1 aliphatic heterocycles. The van der Waals surface area contributed by atoms with E-state index in [1.165, 1.54) is 31.2 Å². The van der Waals surface area contributed by atoms with Crippen molar-refractivity contribution < 1.29 is 4.74 Å². The standard InChI is InChI=1S/C16H22BrNO/c1-16(9-11-4-3-5-11)10-14(18-2)13-8-12(17)6-7-15(13)19-16/h6-8,11,14,18H,3-5,9-10H2,1-2H3. The summed E-state index contributed by atoms with van der Waals surface area (Å²) in [7, 11) is 2.05. The van der Waals surface area contributed by atoms with E-state index >= 15 is 0 Å². The molecule has 0 radical (unpaired) electrons. The maximum absolute atomic E-state index is 6.35. The number of halogens is 1. The summed E-state index contributed by atoms with van der Waals surface area (Å²) in [4.78, 5) is 0. The molecule has 2 unspecified atom stereocenters. The highest BCUT2D eigenvalue weighted by molar-refractivity contribution is 9.10. The van der Waals surface area contributed by atoms with Crippen molar-refractivity contribution in [1.29, 1.82) is 0 Å². The van der Waals surface area contributed by atoms with Gasteiger partial charge in [0.05, 0.1) is 0 Å². The molecular formula is C16H22BrNO. The van der Waals surface area contributed by atoms with Crippen molar-refractivity contribution in [2.24, 2.45) is 5.92 Å². The van der Waals surface area contributed by atoms with Crippen molar-refractivity contribution in [2.75, 3.05) is 7.05 Å². The second-order valence-electron chi connectivity index (χ2n) is 6.28. The van der Waals surface area contributed by atoms with Crippen LogP contribution < -0.4 is 10.1 Å². The molecule has 1 aromatic rings. The van der Waals surface area contributed by atoms with Crippen LogP contribution in [-0.4, -0.2) is 12.6 Å². The smallest absolute Gasteiger partial charge is 0.124 e. The predicted octanol–water partition coefficient (Wildman–Crippen LogP) is 4.44. The van der Waals surface area contributed by atoms with Crippen LogP contribution in [0.3, 0.4) is 0 Å². The first-order valence-corrected chi connectivity index (χ1v) is 8.05. The molecule has 1 fully saturated rings. The lowest BCUT2D eigenvalue weighted by Crippen LogP contribution is -2.43. The SMILES string of the molecule is CNC1CC(C)(CC2CCC2)Oc2ccc(Br)cc21. The van der Waals surface area contributed by atoms with Crippen LogP contribution in [0, 0.1) is 5.92 Å². The Labute approximate surface area is 124 Å². The number of rotatable bonds is 3. The van der Waals surface area contributed by atoms with Gasteiger partial charge in [0, 0.05) is 22.5 Å². The van der Waals surface area contributed by atoms with Crippen molar-refractivity contribution in [3.63, 3.8) is 0 Å². The van der Waals surface area contributed by atoms with E-state index in [1.807, 2.05) is 7.05 Å². The number of fused-ring (bicyclic) bond motifs is 1. The Morgan fingerprint density at radius 1 is 1.42 bits per heavy atom. The van der Waals surface area contributed by atoms with E-state index in [9.17, 15) is 0 Å². The third-order valence-electron chi connectivity index (χ3n) is 4.63. The summed E-state index contributed by atoms with van der Waals surface area (Å²) in [6, 6.07) is 6.74. The van der Waals surface area contributed by atoms with Crippen LogP contribution in [0.5, 0.6) is 5.75 Å². The van der Waals surface area contributed by atoms with Crippen LogP contribution in [0.25, 0.3) is 0 Å². The highest BCUT2D eigenvalue weighted by Gasteiger charge is 2.39. The minimum absolute atomic E-state index is 0.0143. The summed E-state index contributed by atoms with van der Waals surface area (Å²) in [5, 5.41) is 3.45. The van der Waals surface area contributed by atoms with Gasteiger partial charge in [0.1, 0.15) is 11.4 Å². The lowest BCUT2D eigenvalue weighted by atomic mass is 9.74. The van der Waals surface area contributed by atoms with Crippen molar-refractivity contribution in [3.05, 3.63) is 28.2 Å². The molecule has 0 saturated heterocycles. The molecule has 1 saturated carbocycles. The third kappa shape index (κ3) is 2.68. The van der Waals surface area contributed by atoms with E-state index in [1.54, 1.807) is 0 Å². The predicted molar refractivity (Wildman–Crippen MR) is 81.6 cm³/mol. The van der Waals surface area contributed by atoms with Gasteiger partial charge in [-0.15, -0.1) is 0 Å². The Bertz CT molecular complexity index is 472. The molecule has 3 heteroatoms. The Hall–Kier alpha value is -0.540. The van der Waals surface area contributed by atoms with Crippen molar-refractivity contribution in [3.8, 4) is 5.75 Å². The number of ether oxygens (including phenoxy) is 1. The molecule has 19 heavy (non-hydrogen) atoms. The molecule has 0 bridgehead atoms. The summed E-state index contributed by atoms with van der Waals surface area (Å²) in [6.07, 6.45) is 6.43. The Kier molecular flexibility index (Phi) is 3.61. The molecule has 0 spiro atoms.